The third kappa shape index (κ3) is 2.70. The van der Waals surface area contributed by atoms with Crippen LogP contribution in [0.3, 0.4) is 0 Å². The van der Waals surface area contributed by atoms with Crippen LogP contribution < -0.4 is 5.32 Å². The van der Waals surface area contributed by atoms with Crippen molar-refractivity contribution >= 4 is 29.8 Å². The molecule has 0 bridgehead atoms. The van der Waals surface area contributed by atoms with Gasteiger partial charge in [-0.1, -0.05) is 6.07 Å². The molecule has 0 atom stereocenters. The molecule has 0 spiro atoms. The fraction of sp³-hybridized carbons (Fsp3) is 0.111. The molecule has 5 heteroatoms. The first-order valence-corrected chi connectivity index (χ1v) is 4.69. The van der Waals surface area contributed by atoms with E-state index in [-0.39, 0.29) is 5.70 Å². The lowest BCUT2D eigenvalue weighted by molar-refractivity contribution is -0.137. The van der Waals surface area contributed by atoms with E-state index >= 15 is 0 Å². The average molecular weight is 211 g/mol. The van der Waals surface area contributed by atoms with Gasteiger partial charge in [-0.2, -0.15) is 0 Å². The Labute approximate surface area is 85.2 Å². The van der Waals surface area contributed by atoms with Crippen LogP contribution in [-0.2, 0) is 14.3 Å². The van der Waals surface area contributed by atoms with E-state index in [1.165, 1.54) is 18.4 Å². The van der Waals surface area contributed by atoms with Crippen LogP contribution in [0.1, 0.15) is 4.88 Å². The van der Waals surface area contributed by atoms with Crippen LogP contribution >= 0.6 is 11.3 Å². The van der Waals surface area contributed by atoms with Crippen LogP contribution in [-0.4, -0.2) is 19.5 Å². The lowest BCUT2D eigenvalue weighted by Gasteiger charge is -2.01. The zero-order valence-corrected chi connectivity index (χ0v) is 8.34. The van der Waals surface area contributed by atoms with Gasteiger partial charge in [0.15, 0.2) is 0 Å². The largest absolute Gasteiger partial charge is 0.464 e. The van der Waals surface area contributed by atoms with Crippen LogP contribution in [0.2, 0.25) is 0 Å². The first-order chi connectivity index (χ1) is 6.77. The molecule has 1 amide bonds. The lowest BCUT2D eigenvalue weighted by Crippen LogP contribution is -2.19. The van der Waals surface area contributed by atoms with Gasteiger partial charge in [0.25, 0.3) is 0 Å². The number of hydrogen-bond acceptors (Lipinski definition) is 4. The van der Waals surface area contributed by atoms with Crippen molar-refractivity contribution in [3.05, 3.63) is 28.1 Å². The second-order valence-electron chi connectivity index (χ2n) is 2.33. The highest BCUT2D eigenvalue weighted by molar-refractivity contribution is 7.10. The molecule has 1 rings (SSSR count). The van der Waals surface area contributed by atoms with Crippen molar-refractivity contribution in [2.45, 2.75) is 0 Å². The van der Waals surface area contributed by atoms with Crippen molar-refractivity contribution in [2.75, 3.05) is 7.11 Å². The Morgan fingerprint density at radius 2 is 2.43 bits per heavy atom. The van der Waals surface area contributed by atoms with Crippen molar-refractivity contribution < 1.29 is 14.3 Å². The summed E-state index contributed by atoms with van der Waals surface area (Å²) < 4.78 is 4.49. The minimum absolute atomic E-state index is 0.130. The molecule has 74 valence electrons. The molecule has 1 N–H and O–H groups in total. The average Bonchev–Trinajstić information content (AvgIpc) is 2.68. The second-order valence-corrected chi connectivity index (χ2v) is 3.31. The van der Waals surface area contributed by atoms with Gasteiger partial charge < -0.3 is 10.1 Å². The Hall–Kier alpha value is -1.62. The highest BCUT2D eigenvalue weighted by Crippen LogP contribution is 2.12. The molecule has 0 unspecified atom stereocenters. The smallest absolute Gasteiger partial charge is 0.354 e. The maximum atomic E-state index is 11.1. The van der Waals surface area contributed by atoms with Gasteiger partial charge in [-0.3, -0.25) is 4.79 Å². The molecule has 0 saturated heterocycles. The van der Waals surface area contributed by atoms with Crippen molar-refractivity contribution in [1.82, 2.24) is 5.32 Å². The zero-order chi connectivity index (χ0) is 10.4. The van der Waals surface area contributed by atoms with E-state index in [9.17, 15) is 9.59 Å². The second kappa shape index (κ2) is 5.18. The van der Waals surface area contributed by atoms with E-state index < -0.39 is 5.97 Å². The Morgan fingerprint density at radius 1 is 1.64 bits per heavy atom. The third-order valence-corrected chi connectivity index (χ3v) is 2.27. The lowest BCUT2D eigenvalue weighted by atomic mass is 10.3. The van der Waals surface area contributed by atoms with E-state index in [0.717, 1.165) is 4.88 Å². The standard InChI is InChI=1S/C9H9NO3S/c1-13-9(12)8(10-6-11)5-7-3-2-4-14-7/h2-6H,1H3,(H,10,11)/b8-5-. The number of esters is 1. The van der Waals surface area contributed by atoms with Crippen LogP contribution in [0.15, 0.2) is 23.2 Å². The third-order valence-electron chi connectivity index (χ3n) is 1.45. The summed E-state index contributed by atoms with van der Waals surface area (Å²) in [5, 5.41) is 4.16. The predicted octanol–water partition coefficient (Wildman–Crippen LogP) is 1.01. The number of hydrogen-bond donors (Lipinski definition) is 1. The van der Waals surface area contributed by atoms with E-state index in [1.807, 2.05) is 17.5 Å². The van der Waals surface area contributed by atoms with Gasteiger partial charge in [-0.25, -0.2) is 4.79 Å². The summed E-state index contributed by atoms with van der Waals surface area (Å²) in [6.45, 7) is 0. The quantitative estimate of drug-likeness (QED) is 0.459. The molecule has 0 saturated carbocycles. The van der Waals surface area contributed by atoms with Crippen molar-refractivity contribution in [3.8, 4) is 0 Å². The maximum Gasteiger partial charge on any atom is 0.354 e. The van der Waals surface area contributed by atoms with E-state index in [0.29, 0.717) is 6.41 Å². The van der Waals surface area contributed by atoms with Gasteiger partial charge in [0.1, 0.15) is 5.70 Å². The summed E-state index contributed by atoms with van der Waals surface area (Å²) in [6, 6.07) is 3.69. The number of amides is 1. The van der Waals surface area contributed by atoms with Gasteiger partial charge in [0, 0.05) is 4.88 Å². The molecule has 0 aliphatic rings. The summed E-state index contributed by atoms with van der Waals surface area (Å²) >= 11 is 1.46. The van der Waals surface area contributed by atoms with Crippen molar-refractivity contribution in [2.24, 2.45) is 0 Å². The molecule has 1 heterocycles. The van der Waals surface area contributed by atoms with Crippen LogP contribution in [0.4, 0.5) is 0 Å². The molecule has 0 aliphatic carbocycles. The summed E-state index contributed by atoms with van der Waals surface area (Å²) in [4.78, 5) is 22.2. The normalized spacial score (nSPS) is 10.8. The van der Waals surface area contributed by atoms with Gasteiger partial charge in [-0.15, -0.1) is 11.3 Å². The number of methoxy groups -OCH3 is 1. The minimum Gasteiger partial charge on any atom is -0.464 e. The predicted molar refractivity (Wildman–Crippen MR) is 53.5 cm³/mol. The zero-order valence-electron chi connectivity index (χ0n) is 7.52. The molecule has 0 fully saturated rings. The fourth-order valence-corrected chi connectivity index (χ4v) is 1.51. The number of carbonyl (C=O) groups excluding carboxylic acids is 2. The summed E-state index contributed by atoms with van der Waals surface area (Å²) in [5.74, 6) is -0.564. The monoisotopic (exact) mass is 211 g/mol. The van der Waals surface area contributed by atoms with Crippen LogP contribution in [0.25, 0.3) is 6.08 Å². The van der Waals surface area contributed by atoms with Gasteiger partial charge in [0.05, 0.1) is 7.11 Å². The Bertz CT molecular complexity index is 343. The number of ether oxygens (including phenoxy) is 1. The van der Waals surface area contributed by atoms with Crippen LogP contribution in [0, 0.1) is 0 Å². The molecule has 1 aromatic rings. The summed E-state index contributed by atoms with van der Waals surface area (Å²) in [6.07, 6.45) is 2.00. The number of nitrogens with one attached hydrogen (secondary N) is 1. The fourth-order valence-electron chi connectivity index (χ4n) is 0.849. The highest BCUT2D eigenvalue weighted by Gasteiger charge is 2.08. The molecule has 14 heavy (non-hydrogen) atoms. The van der Waals surface area contributed by atoms with Crippen LogP contribution in [0.5, 0.6) is 0 Å². The van der Waals surface area contributed by atoms with E-state index in [1.54, 1.807) is 6.08 Å². The maximum absolute atomic E-state index is 11.1. The molecule has 4 nitrogen and oxygen atoms in total. The first-order valence-electron chi connectivity index (χ1n) is 3.81. The van der Waals surface area contributed by atoms with Crippen molar-refractivity contribution in [1.29, 1.82) is 0 Å². The van der Waals surface area contributed by atoms with Gasteiger partial charge in [0.2, 0.25) is 6.41 Å². The number of rotatable bonds is 4. The summed E-state index contributed by atoms with van der Waals surface area (Å²) in [5.41, 5.74) is 0.130. The highest BCUT2D eigenvalue weighted by atomic mass is 32.1. The minimum atomic E-state index is -0.564. The Kier molecular flexibility index (Phi) is 3.87. The molecule has 1 aromatic heterocycles. The molecule has 0 radical (unpaired) electrons. The molecular formula is C9H9NO3S. The van der Waals surface area contributed by atoms with Crippen molar-refractivity contribution in [3.63, 3.8) is 0 Å². The topological polar surface area (TPSA) is 55.4 Å². The Balaban J connectivity index is 2.86. The molecular weight excluding hydrogens is 202 g/mol. The number of thiophene rings is 1. The van der Waals surface area contributed by atoms with Gasteiger partial charge in [-0.05, 0) is 17.5 Å². The summed E-state index contributed by atoms with van der Waals surface area (Å²) in [7, 11) is 1.26. The SMILES string of the molecule is COC(=O)/C(=C/c1cccs1)NC=O. The molecule has 0 aromatic carbocycles. The Morgan fingerprint density at radius 3 is 2.93 bits per heavy atom. The number of carbonyl (C=O) groups is 2. The first kappa shape index (κ1) is 10.5. The molecule has 0 aliphatic heterocycles. The van der Waals surface area contributed by atoms with Gasteiger partial charge >= 0.3 is 5.97 Å². The van der Waals surface area contributed by atoms with E-state index in [4.69, 9.17) is 0 Å². The van der Waals surface area contributed by atoms with E-state index in [2.05, 4.69) is 10.1 Å².